The summed E-state index contributed by atoms with van der Waals surface area (Å²) in [5.41, 5.74) is -0.430. The molecule has 22 heavy (non-hydrogen) atoms. The van der Waals surface area contributed by atoms with Crippen LogP contribution in [0, 0.1) is 30.2 Å². The van der Waals surface area contributed by atoms with Gasteiger partial charge >= 0.3 is 0 Å². The first-order chi connectivity index (χ1) is 10.1. The van der Waals surface area contributed by atoms with Crippen molar-refractivity contribution in [2.45, 2.75) is 11.8 Å². The quantitative estimate of drug-likeness (QED) is 0.515. The molecule has 118 valence electrons. The second-order valence-electron chi connectivity index (χ2n) is 4.36. The maximum absolute atomic E-state index is 13.6. The topological polar surface area (TPSA) is 46.2 Å². The Morgan fingerprint density at radius 3 is 1.95 bits per heavy atom. The van der Waals surface area contributed by atoms with E-state index >= 15 is 0 Å². The molecule has 0 radical (unpaired) electrons. The molecule has 0 fully saturated rings. The number of rotatable bonds is 3. The Balaban J connectivity index is 2.53. The molecule has 1 N–H and O–H groups in total. The number of sulfonamides is 1. The Morgan fingerprint density at radius 1 is 0.909 bits per heavy atom. The zero-order valence-electron chi connectivity index (χ0n) is 10.9. The van der Waals surface area contributed by atoms with E-state index in [4.69, 9.17) is 11.6 Å². The van der Waals surface area contributed by atoms with Gasteiger partial charge in [0.1, 0.15) is 10.7 Å². The molecule has 3 nitrogen and oxygen atoms in total. The number of anilines is 1. The maximum atomic E-state index is 13.6. The Morgan fingerprint density at radius 2 is 1.41 bits per heavy atom. The zero-order valence-corrected chi connectivity index (χ0v) is 12.5. The van der Waals surface area contributed by atoms with Crippen LogP contribution in [-0.2, 0) is 10.0 Å². The summed E-state index contributed by atoms with van der Waals surface area (Å²) in [5.74, 6) is -8.11. The normalized spacial score (nSPS) is 11.5. The number of aryl methyl sites for hydroxylation is 1. The van der Waals surface area contributed by atoms with Gasteiger partial charge in [-0.3, -0.25) is 4.72 Å². The molecule has 0 unspecified atom stereocenters. The SMILES string of the molecule is Cc1ccc(S(=O)(=O)Nc2c(F)c(F)c(F)c(F)c2Cl)cc1. The highest BCUT2D eigenvalue weighted by atomic mass is 35.5. The lowest BCUT2D eigenvalue weighted by molar-refractivity contribution is 0.411. The number of halogens is 5. The molecule has 0 atom stereocenters. The predicted molar refractivity (Wildman–Crippen MR) is 73.3 cm³/mol. The van der Waals surface area contributed by atoms with Crippen molar-refractivity contribution in [1.29, 1.82) is 0 Å². The van der Waals surface area contributed by atoms with E-state index in [-0.39, 0.29) is 4.90 Å². The van der Waals surface area contributed by atoms with Crippen LogP contribution in [0.15, 0.2) is 29.2 Å². The van der Waals surface area contributed by atoms with Crippen molar-refractivity contribution in [3.05, 3.63) is 58.1 Å². The van der Waals surface area contributed by atoms with Crippen LogP contribution < -0.4 is 4.72 Å². The van der Waals surface area contributed by atoms with Crippen molar-refractivity contribution in [1.82, 2.24) is 0 Å². The molecule has 0 aliphatic carbocycles. The average Bonchev–Trinajstić information content (AvgIpc) is 2.48. The molecule has 0 aromatic heterocycles. The van der Waals surface area contributed by atoms with Crippen molar-refractivity contribution in [2.75, 3.05) is 4.72 Å². The van der Waals surface area contributed by atoms with E-state index in [0.29, 0.717) is 0 Å². The van der Waals surface area contributed by atoms with Crippen LogP contribution in [0.25, 0.3) is 0 Å². The molecule has 2 rings (SSSR count). The standard InChI is InChI=1S/C13H8ClF4NO2S/c1-6-2-4-7(5-3-6)22(20,21)19-13-8(14)9(15)10(16)11(17)12(13)18/h2-5,19H,1H3. The Bertz CT molecular complexity index is 809. The van der Waals surface area contributed by atoms with Gasteiger partial charge < -0.3 is 0 Å². The van der Waals surface area contributed by atoms with E-state index in [0.717, 1.165) is 5.56 Å². The van der Waals surface area contributed by atoms with Crippen LogP contribution >= 0.6 is 11.6 Å². The summed E-state index contributed by atoms with van der Waals surface area (Å²) in [4.78, 5) is -0.279. The first-order valence-corrected chi connectivity index (χ1v) is 7.62. The summed E-state index contributed by atoms with van der Waals surface area (Å²) in [6.45, 7) is 1.71. The van der Waals surface area contributed by atoms with Crippen LogP contribution in [-0.4, -0.2) is 8.42 Å². The molecule has 0 heterocycles. The maximum Gasteiger partial charge on any atom is 0.262 e. The van der Waals surface area contributed by atoms with Gasteiger partial charge in [0.15, 0.2) is 23.3 Å². The monoisotopic (exact) mass is 353 g/mol. The summed E-state index contributed by atoms with van der Waals surface area (Å²) in [6, 6.07) is 5.36. The summed E-state index contributed by atoms with van der Waals surface area (Å²) in [6.07, 6.45) is 0. The van der Waals surface area contributed by atoms with Crippen molar-refractivity contribution < 1.29 is 26.0 Å². The second-order valence-corrected chi connectivity index (χ2v) is 6.42. The van der Waals surface area contributed by atoms with Crippen molar-refractivity contribution in [3.8, 4) is 0 Å². The minimum Gasteiger partial charge on any atom is -0.275 e. The number of benzene rings is 2. The molecule has 9 heteroatoms. The highest BCUT2D eigenvalue weighted by Gasteiger charge is 2.27. The van der Waals surface area contributed by atoms with Crippen LogP contribution in [0.2, 0.25) is 5.02 Å². The smallest absolute Gasteiger partial charge is 0.262 e. The molecule has 0 aliphatic rings. The largest absolute Gasteiger partial charge is 0.275 e. The van der Waals surface area contributed by atoms with Gasteiger partial charge in [0.2, 0.25) is 0 Å². The predicted octanol–water partition coefficient (Wildman–Crippen LogP) is 4.01. The molecule has 0 bridgehead atoms. The van der Waals surface area contributed by atoms with Gasteiger partial charge in [-0.05, 0) is 19.1 Å². The van der Waals surface area contributed by atoms with E-state index in [2.05, 4.69) is 0 Å². The summed E-state index contributed by atoms with van der Waals surface area (Å²) < 4.78 is 78.8. The van der Waals surface area contributed by atoms with E-state index in [1.807, 2.05) is 0 Å². The highest BCUT2D eigenvalue weighted by Crippen LogP contribution is 2.33. The van der Waals surface area contributed by atoms with Crippen molar-refractivity contribution >= 4 is 27.3 Å². The van der Waals surface area contributed by atoms with Gasteiger partial charge in [-0.2, -0.15) is 0 Å². The molecule has 0 saturated carbocycles. The van der Waals surface area contributed by atoms with Crippen LogP contribution in [0.5, 0.6) is 0 Å². The lowest BCUT2D eigenvalue weighted by Gasteiger charge is -2.12. The fraction of sp³-hybridized carbons (Fsp3) is 0.0769. The third-order valence-electron chi connectivity index (χ3n) is 2.78. The fourth-order valence-electron chi connectivity index (χ4n) is 1.61. The summed E-state index contributed by atoms with van der Waals surface area (Å²) >= 11 is 5.35. The summed E-state index contributed by atoms with van der Waals surface area (Å²) in [5, 5.41) is -1.20. The van der Waals surface area contributed by atoms with Crippen molar-refractivity contribution in [3.63, 3.8) is 0 Å². The highest BCUT2D eigenvalue weighted by molar-refractivity contribution is 7.92. The van der Waals surface area contributed by atoms with Gasteiger partial charge in [0.25, 0.3) is 10.0 Å². The average molecular weight is 354 g/mol. The lowest BCUT2D eigenvalue weighted by Crippen LogP contribution is -2.16. The first-order valence-electron chi connectivity index (χ1n) is 5.76. The van der Waals surface area contributed by atoms with E-state index in [9.17, 15) is 26.0 Å². The molecular weight excluding hydrogens is 346 g/mol. The minimum atomic E-state index is -4.35. The van der Waals surface area contributed by atoms with Crippen LogP contribution in [0.3, 0.4) is 0 Å². The zero-order chi connectivity index (χ0) is 16.7. The lowest BCUT2D eigenvalue weighted by atomic mass is 10.2. The van der Waals surface area contributed by atoms with Gasteiger partial charge in [-0.15, -0.1) is 0 Å². The van der Waals surface area contributed by atoms with Gasteiger partial charge in [0.05, 0.1) is 4.90 Å². The third-order valence-corrected chi connectivity index (χ3v) is 4.50. The fourth-order valence-corrected chi connectivity index (χ4v) is 2.95. The molecule has 2 aromatic carbocycles. The van der Waals surface area contributed by atoms with Crippen LogP contribution in [0.4, 0.5) is 23.2 Å². The summed E-state index contributed by atoms with van der Waals surface area (Å²) in [7, 11) is -4.35. The molecule has 2 aromatic rings. The molecule has 0 amide bonds. The van der Waals surface area contributed by atoms with Gasteiger partial charge in [-0.25, -0.2) is 26.0 Å². The van der Waals surface area contributed by atoms with E-state index in [1.54, 1.807) is 11.6 Å². The number of hydrogen-bond donors (Lipinski definition) is 1. The third kappa shape index (κ3) is 2.89. The van der Waals surface area contributed by atoms with E-state index in [1.165, 1.54) is 24.3 Å². The molecule has 0 aliphatic heterocycles. The van der Waals surface area contributed by atoms with Gasteiger partial charge in [-0.1, -0.05) is 29.3 Å². The Kier molecular flexibility index (Phi) is 4.35. The molecule has 0 saturated heterocycles. The first kappa shape index (κ1) is 16.6. The Hall–Kier alpha value is -1.80. The minimum absolute atomic E-state index is 0.279. The van der Waals surface area contributed by atoms with Crippen LogP contribution in [0.1, 0.15) is 5.56 Å². The van der Waals surface area contributed by atoms with Gasteiger partial charge in [0, 0.05) is 0 Å². The molecule has 0 spiro atoms. The van der Waals surface area contributed by atoms with Crippen molar-refractivity contribution in [2.24, 2.45) is 0 Å². The Labute approximate surface area is 128 Å². The second kappa shape index (κ2) is 5.77. The molecular formula is C13H8ClF4NO2S. The van der Waals surface area contributed by atoms with E-state index < -0.39 is 44.0 Å². The number of hydrogen-bond acceptors (Lipinski definition) is 2. The number of nitrogens with one attached hydrogen (secondary N) is 1.